The molecule has 0 aromatic carbocycles. The van der Waals surface area contributed by atoms with Crippen LogP contribution >= 0.6 is 0 Å². The number of aromatic nitrogens is 2. The third-order valence-electron chi connectivity index (χ3n) is 2.56. The number of hydrogen-bond acceptors (Lipinski definition) is 4. The first-order valence-corrected chi connectivity index (χ1v) is 5.26. The van der Waals surface area contributed by atoms with E-state index in [0.717, 1.165) is 5.69 Å². The van der Waals surface area contributed by atoms with Crippen molar-refractivity contribution in [3.8, 4) is 0 Å². The smallest absolute Gasteiger partial charge is 0.325 e. The van der Waals surface area contributed by atoms with Crippen LogP contribution in [0.3, 0.4) is 0 Å². The Hall–Kier alpha value is -1.36. The van der Waals surface area contributed by atoms with Gasteiger partial charge in [0.25, 0.3) is 0 Å². The molecule has 0 aliphatic carbocycles. The number of carbonyl (C=O) groups excluding carboxylic acids is 1. The molecule has 0 aliphatic heterocycles. The van der Waals surface area contributed by atoms with Gasteiger partial charge in [0.05, 0.1) is 18.8 Å². The minimum Gasteiger partial charge on any atom is -0.468 e. The average molecular weight is 225 g/mol. The second-order valence-corrected chi connectivity index (χ2v) is 4.40. The zero-order valence-electron chi connectivity index (χ0n) is 10.2. The van der Waals surface area contributed by atoms with Crippen molar-refractivity contribution in [1.82, 2.24) is 9.78 Å². The van der Waals surface area contributed by atoms with Gasteiger partial charge in [0.1, 0.15) is 5.54 Å². The summed E-state index contributed by atoms with van der Waals surface area (Å²) in [5.41, 5.74) is 5.87. The summed E-state index contributed by atoms with van der Waals surface area (Å²) in [7, 11) is 1.34. The Bertz CT molecular complexity index is 371. The molecule has 0 bridgehead atoms. The third kappa shape index (κ3) is 2.82. The lowest BCUT2D eigenvalue weighted by molar-refractivity contribution is -0.147. The van der Waals surface area contributed by atoms with E-state index in [1.807, 2.05) is 30.8 Å². The van der Waals surface area contributed by atoms with Crippen LogP contribution in [0.2, 0.25) is 0 Å². The van der Waals surface area contributed by atoms with E-state index in [9.17, 15) is 4.79 Å². The first-order chi connectivity index (χ1) is 7.36. The highest BCUT2D eigenvalue weighted by Gasteiger charge is 2.31. The Balaban J connectivity index is 2.70. The molecule has 0 aliphatic rings. The molecule has 0 fully saturated rings. The molecule has 5 heteroatoms. The van der Waals surface area contributed by atoms with Gasteiger partial charge < -0.3 is 10.5 Å². The maximum absolute atomic E-state index is 11.4. The fourth-order valence-corrected chi connectivity index (χ4v) is 1.70. The topological polar surface area (TPSA) is 70.1 Å². The van der Waals surface area contributed by atoms with Gasteiger partial charge in [-0.25, -0.2) is 0 Å². The van der Waals surface area contributed by atoms with Gasteiger partial charge in [0.2, 0.25) is 0 Å². The van der Waals surface area contributed by atoms with Gasteiger partial charge in [-0.3, -0.25) is 9.48 Å². The van der Waals surface area contributed by atoms with Crippen molar-refractivity contribution in [2.75, 3.05) is 7.11 Å². The minimum absolute atomic E-state index is 0.0581. The second kappa shape index (κ2) is 4.65. The Morgan fingerprint density at radius 1 is 1.75 bits per heavy atom. The Morgan fingerprint density at radius 2 is 2.38 bits per heavy atom. The molecule has 0 amide bonds. The number of esters is 1. The van der Waals surface area contributed by atoms with Crippen LogP contribution in [0.25, 0.3) is 0 Å². The average Bonchev–Trinajstić information content (AvgIpc) is 2.63. The molecule has 1 heterocycles. The summed E-state index contributed by atoms with van der Waals surface area (Å²) < 4.78 is 6.47. The molecule has 1 aromatic heterocycles. The third-order valence-corrected chi connectivity index (χ3v) is 2.56. The van der Waals surface area contributed by atoms with Crippen molar-refractivity contribution in [3.05, 3.63) is 18.0 Å². The SMILES string of the molecule is COC(=O)C(C)(N)CC(C)n1ccc(C)n1. The summed E-state index contributed by atoms with van der Waals surface area (Å²) in [6, 6.07) is 1.98. The van der Waals surface area contributed by atoms with Gasteiger partial charge in [-0.05, 0) is 33.3 Å². The van der Waals surface area contributed by atoms with E-state index in [0.29, 0.717) is 6.42 Å². The molecule has 1 rings (SSSR count). The molecule has 90 valence electrons. The summed E-state index contributed by atoms with van der Waals surface area (Å²) >= 11 is 0. The molecule has 0 radical (unpaired) electrons. The zero-order valence-corrected chi connectivity index (χ0v) is 10.2. The summed E-state index contributed by atoms with van der Waals surface area (Å²) in [5.74, 6) is -0.400. The lowest BCUT2D eigenvalue weighted by atomic mass is 9.95. The van der Waals surface area contributed by atoms with Crippen LogP contribution in [-0.2, 0) is 9.53 Å². The van der Waals surface area contributed by atoms with Crippen LogP contribution < -0.4 is 5.73 Å². The number of nitrogens with two attached hydrogens (primary N) is 1. The van der Waals surface area contributed by atoms with E-state index >= 15 is 0 Å². The number of carbonyl (C=O) groups is 1. The van der Waals surface area contributed by atoms with E-state index in [1.54, 1.807) is 6.92 Å². The van der Waals surface area contributed by atoms with Gasteiger partial charge in [0, 0.05) is 6.20 Å². The minimum atomic E-state index is -0.978. The van der Waals surface area contributed by atoms with Gasteiger partial charge in [-0.2, -0.15) is 5.10 Å². The maximum Gasteiger partial charge on any atom is 0.325 e. The molecule has 2 atom stereocenters. The first kappa shape index (κ1) is 12.7. The predicted molar refractivity (Wildman–Crippen MR) is 60.9 cm³/mol. The van der Waals surface area contributed by atoms with Gasteiger partial charge in [0.15, 0.2) is 0 Å². The van der Waals surface area contributed by atoms with Crippen molar-refractivity contribution < 1.29 is 9.53 Å². The molecule has 2 unspecified atom stereocenters. The van der Waals surface area contributed by atoms with Crippen LogP contribution in [0.1, 0.15) is 32.0 Å². The molecule has 1 aromatic rings. The van der Waals surface area contributed by atoms with Crippen LogP contribution in [0.4, 0.5) is 0 Å². The molecule has 5 nitrogen and oxygen atoms in total. The van der Waals surface area contributed by atoms with Crippen molar-refractivity contribution >= 4 is 5.97 Å². The highest BCUT2D eigenvalue weighted by atomic mass is 16.5. The molecular weight excluding hydrogens is 206 g/mol. The van der Waals surface area contributed by atoms with Crippen molar-refractivity contribution in [2.45, 2.75) is 38.8 Å². The van der Waals surface area contributed by atoms with Crippen LogP contribution in [0, 0.1) is 6.92 Å². The highest BCUT2D eigenvalue weighted by molar-refractivity contribution is 5.79. The Kier molecular flexibility index (Phi) is 3.70. The predicted octanol–water partition coefficient (Wildman–Crippen LogP) is 1.03. The van der Waals surface area contributed by atoms with Crippen LogP contribution in [0.5, 0.6) is 0 Å². The van der Waals surface area contributed by atoms with Gasteiger partial charge in [-0.1, -0.05) is 0 Å². The number of rotatable bonds is 4. The maximum atomic E-state index is 11.4. The summed E-state index contributed by atoms with van der Waals surface area (Å²) in [4.78, 5) is 11.4. The standard InChI is InChI=1S/C11H19N3O2/c1-8-5-6-14(13-8)9(2)7-11(3,12)10(15)16-4/h5-6,9H,7,12H2,1-4H3. The quantitative estimate of drug-likeness (QED) is 0.777. The molecule has 0 saturated carbocycles. The molecular formula is C11H19N3O2. The van der Waals surface area contributed by atoms with Crippen LogP contribution in [-0.4, -0.2) is 28.4 Å². The van der Waals surface area contributed by atoms with E-state index < -0.39 is 11.5 Å². The van der Waals surface area contributed by atoms with Gasteiger partial charge in [-0.15, -0.1) is 0 Å². The molecule has 0 saturated heterocycles. The number of aryl methyl sites for hydroxylation is 1. The number of nitrogens with zero attached hydrogens (tertiary/aromatic N) is 2. The molecule has 0 spiro atoms. The summed E-state index contributed by atoms with van der Waals surface area (Å²) in [6.07, 6.45) is 2.37. The molecule has 2 N–H and O–H groups in total. The van der Waals surface area contributed by atoms with Crippen molar-refractivity contribution in [3.63, 3.8) is 0 Å². The fraction of sp³-hybridized carbons (Fsp3) is 0.636. The summed E-state index contributed by atoms with van der Waals surface area (Å²) in [6.45, 7) is 5.57. The van der Waals surface area contributed by atoms with Crippen LogP contribution in [0.15, 0.2) is 12.3 Å². The van der Waals surface area contributed by atoms with Gasteiger partial charge >= 0.3 is 5.97 Å². The molecule has 16 heavy (non-hydrogen) atoms. The van der Waals surface area contributed by atoms with Crippen molar-refractivity contribution in [2.24, 2.45) is 5.73 Å². The van der Waals surface area contributed by atoms with Crippen molar-refractivity contribution in [1.29, 1.82) is 0 Å². The Morgan fingerprint density at radius 3 is 2.81 bits per heavy atom. The first-order valence-electron chi connectivity index (χ1n) is 5.26. The number of ether oxygens (including phenoxy) is 1. The Labute approximate surface area is 95.6 Å². The normalized spacial score (nSPS) is 16.6. The lowest BCUT2D eigenvalue weighted by Gasteiger charge is -2.25. The monoisotopic (exact) mass is 225 g/mol. The zero-order chi connectivity index (χ0) is 12.3. The summed E-state index contributed by atoms with van der Waals surface area (Å²) in [5, 5.41) is 4.29. The van der Waals surface area contributed by atoms with E-state index in [-0.39, 0.29) is 6.04 Å². The lowest BCUT2D eigenvalue weighted by Crippen LogP contribution is -2.47. The number of methoxy groups -OCH3 is 1. The highest BCUT2D eigenvalue weighted by Crippen LogP contribution is 2.19. The number of hydrogen-bond donors (Lipinski definition) is 1. The fourth-order valence-electron chi connectivity index (χ4n) is 1.70. The largest absolute Gasteiger partial charge is 0.468 e. The van der Waals surface area contributed by atoms with E-state index in [2.05, 4.69) is 9.84 Å². The van der Waals surface area contributed by atoms with E-state index in [1.165, 1.54) is 7.11 Å². The second-order valence-electron chi connectivity index (χ2n) is 4.40. The van der Waals surface area contributed by atoms with E-state index in [4.69, 9.17) is 5.73 Å².